The summed E-state index contributed by atoms with van der Waals surface area (Å²) in [6.07, 6.45) is 0. The van der Waals surface area contributed by atoms with Crippen LogP contribution in [0.15, 0.2) is 12.1 Å². The second-order valence-corrected chi connectivity index (χ2v) is 3.41. The molecule has 7 nitrogen and oxygen atoms in total. The summed E-state index contributed by atoms with van der Waals surface area (Å²) in [5, 5.41) is 32.6. The van der Waals surface area contributed by atoms with Crippen LogP contribution in [0.25, 0.3) is 0 Å². The topological polar surface area (TPSA) is 112 Å². The molecule has 0 aromatic heterocycles. The zero-order chi connectivity index (χ0) is 12.8. The van der Waals surface area contributed by atoms with Gasteiger partial charge in [-0.25, -0.2) is 0 Å². The van der Waals surface area contributed by atoms with Crippen molar-refractivity contribution in [3.05, 3.63) is 27.8 Å². The van der Waals surface area contributed by atoms with Crippen molar-refractivity contribution in [2.24, 2.45) is 0 Å². The van der Waals surface area contributed by atoms with Gasteiger partial charge in [0.25, 0.3) is 5.69 Å². The molecule has 0 bridgehead atoms. The molecule has 0 saturated carbocycles. The number of ether oxygens (including phenoxy) is 1. The first-order chi connectivity index (χ1) is 8.10. The maximum atomic E-state index is 11.5. The Kier molecular flexibility index (Phi) is 4.68. The molecule has 1 rings (SSSR count). The van der Waals surface area contributed by atoms with Gasteiger partial charge in [0.05, 0.1) is 25.2 Å². The lowest BCUT2D eigenvalue weighted by Gasteiger charge is -2.13. The van der Waals surface area contributed by atoms with Crippen LogP contribution in [0, 0.1) is 10.1 Å². The zero-order valence-electron chi connectivity index (χ0n) is 9.38. The van der Waals surface area contributed by atoms with Gasteiger partial charge in [-0.15, -0.1) is 0 Å². The molecule has 1 aromatic carbocycles. The van der Waals surface area contributed by atoms with E-state index in [0.29, 0.717) is 18.7 Å². The van der Waals surface area contributed by atoms with Gasteiger partial charge in [0.1, 0.15) is 12.3 Å². The number of aliphatic hydroxyl groups excluding tert-OH is 1. The molecule has 0 heterocycles. The van der Waals surface area contributed by atoms with Crippen LogP contribution < -0.4 is 15.2 Å². The lowest BCUT2D eigenvalue weighted by molar-refractivity contribution is -0.671. The van der Waals surface area contributed by atoms with E-state index in [1.54, 1.807) is 5.32 Å². The molecule has 0 aliphatic carbocycles. The normalized spacial score (nSPS) is 10.2. The number of nitrogens with zero attached hydrogens (tertiary/aromatic N) is 1. The van der Waals surface area contributed by atoms with Gasteiger partial charge in [-0.1, -0.05) is 0 Å². The minimum atomic E-state index is -0.722. The highest BCUT2D eigenvalue weighted by atomic mass is 16.6. The van der Waals surface area contributed by atoms with Crippen molar-refractivity contribution in [3.63, 3.8) is 0 Å². The summed E-state index contributed by atoms with van der Waals surface area (Å²) in [7, 11) is 1.29. The Morgan fingerprint density at radius 3 is 2.76 bits per heavy atom. The van der Waals surface area contributed by atoms with Crippen molar-refractivity contribution in [3.8, 4) is 11.5 Å². The first-order valence-electron chi connectivity index (χ1n) is 5.05. The summed E-state index contributed by atoms with van der Waals surface area (Å²) in [5.74, 6) is -0.755. The fourth-order valence-corrected chi connectivity index (χ4v) is 1.41. The molecule has 3 N–H and O–H groups in total. The quantitative estimate of drug-likeness (QED) is 0.367. The second kappa shape index (κ2) is 6.02. The number of nitro groups is 1. The highest BCUT2D eigenvalue weighted by molar-refractivity contribution is 5.56. The minimum Gasteiger partial charge on any atom is -0.865 e. The average molecular weight is 242 g/mol. The highest BCUT2D eigenvalue weighted by Gasteiger charge is 2.13. The smallest absolute Gasteiger partial charge is 0.265 e. The van der Waals surface area contributed by atoms with E-state index in [9.17, 15) is 15.2 Å². The minimum absolute atomic E-state index is 0.0267. The molecule has 0 fully saturated rings. The molecule has 1 aromatic rings. The third kappa shape index (κ3) is 3.30. The largest absolute Gasteiger partial charge is 0.865 e. The lowest BCUT2D eigenvalue weighted by Crippen LogP contribution is -2.83. The van der Waals surface area contributed by atoms with E-state index in [0.717, 1.165) is 0 Å². The van der Waals surface area contributed by atoms with E-state index in [1.165, 1.54) is 19.2 Å². The molecule has 0 radical (unpaired) electrons. The van der Waals surface area contributed by atoms with E-state index >= 15 is 0 Å². The molecule has 94 valence electrons. The van der Waals surface area contributed by atoms with Crippen molar-refractivity contribution < 1.29 is 25.2 Å². The first-order valence-corrected chi connectivity index (χ1v) is 5.05. The number of quaternary nitrogens is 1. The van der Waals surface area contributed by atoms with Gasteiger partial charge in [-0.3, -0.25) is 10.1 Å². The maximum absolute atomic E-state index is 11.5. The van der Waals surface area contributed by atoms with Crippen molar-refractivity contribution in [2.75, 3.05) is 20.3 Å². The van der Waals surface area contributed by atoms with Crippen LogP contribution in [0.1, 0.15) is 5.56 Å². The summed E-state index contributed by atoms with van der Waals surface area (Å²) >= 11 is 0. The molecule has 0 unspecified atom stereocenters. The molecule has 0 atom stereocenters. The summed E-state index contributed by atoms with van der Waals surface area (Å²) in [4.78, 5) is 9.95. The van der Waals surface area contributed by atoms with Gasteiger partial charge in [-0.2, -0.15) is 0 Å². The summed E-state index contributed by atoms with van der Waals surface area (Å²) < 4.78 is 4.80. The number of hydrogen-bond acceptors (Lipinski definition) is 5. The third-order valence-corrected chi connectivity index (χ3v) is 2.22. The average Bonchev–Trinajstić information content (AvgIpc) is 2.30. The van der Waals surface area contributed by atoms with Crippen LogP contribution in [0.4, 0.5) is 5.69 Å². The van der Waals surface area contributed by atoms with Crippen LogP contribution in [0.3, 0.4) is 0 Å². The number of rotatable bonds is 6. The molecule has 0 aliphatic rings. The van der Waals surface area contributed by atoms with Gasteiger partial charge in [-0.05, 0) is 6.07 Å². The first kappa shape index (κ1) is 13.2. The Morgan fingerprint density at radius 2 is 2.24 bits per heavy atom. The SMILES string of the molecule is COc1cc(C[NH2+]CCO)cc([N+](=O)[O-])c1[O-]. The molecule has 0 saturated heterocycles. The number of benzene rings is 1. The van der Waals surface area contributed by atoms with Gasteiger partial charge >= 0.3 is 0 Å². The van der Waals surface area contributed by atoms with Gasteiger partial charge in [0.2, 0.25) is 0 Å². The Balaban J connectivity index is 2.99. The molecule has 0 aliphatic heterocycles. The van der Waals surface area contributed by atoms with Crippen molar-refractivity contribution in [2.45, 2.75) is 6.54 Å². The molecule has 0 amide bonds. The highest BCUT2D eigenvalue weighted by Crippen LogP contribution is 2.34. The van der Waals surface area contributed by atoms with Crippen LogP contribution >= 0.6 is 0 Å². The fourth-order valence-electron chi connectivity index (χ4n) is 1.41. The molecular formula is C10H14N2O5. The van der Waals surface area contributed by atoms with Gasteiger partial charge < -0.3 is 20.3 Å². The van der Waals surface area contributed by atoms with Gasteiger partial charge in [0.15, 0.2) is 0 Å². The second-order valence-electron chi connectivity index (χ2n) is 3.41. The maximum Gasteiger partial charge on any atom is 0.265 e. The Bertz CT molecular complexity index is 408. The number of nitro benzene ring substituents is 1. The molecule has 7 heteroatoms. The van der Waals surface area contributed by atoms with E-state index in [2.05, 4.69) is 0 Å². The van der Waals surface area contributed by atoms with Crippen LogP contribution in [0.5, 0.6) is 11.5 Å². The van der Waals surface area contributed by atoms with Crippen molar-refractivity contribution in [1.29, 1.82) is 0 Å². The molecule has 17 heavy (non-hydrogen) atoms. The van der Waals surface area contributed by atoms with Crippen LogP contribution in [0.2, 0.25) is 0 Å². The van der Waals surface area contributed by atoms with Crippen LogP contribution in [-0.4, -0.2) is 30.3 Å². The van der Waals surface area contributed by atoms with Crippen molar-refractivity contribution in [1.82, 2.24) is 0 Å². The number of methoxy groups -OCH3 is 1. The molecule has 0 spiro atoms. The van der Waals surface area contributed by atoms with Gasteiger partial charge in [0, 0.05) is 17.4 Å². The monoisotopic (exact) mass is 242 g/mol. The van der Waals surface area contributed by atoms with Crippen molar-refractivity contribution >= 4 is 5.69 Å². The zero-order valence-corrected chi connectivity index (χ0v) is 9.38. The predicted octanol–water partition coefficient (Wildman–Crippen LogP) is -1.27. The summed E-state index contributed by atoms with van der Waals surface area (Å²) in [5.41, 5.74) is 0.123. The summed E-state index contributed by atoms with van der Waals surface area (Å²) in [6, 6.07) is 2.71. The van der Waals surface area contributed by atoms with Crippen LogP contribution in [-0.2, 0) is 6.54 Å². The number of nitrogens with two attached hydrogens (primary N) is 1. The van der Waals surface area contributed by atoms with E-state index in [-0.39, 0.29) is 12.4 Å². The van der Waals surface area contributed by atoms with E-state index < -0.39 is 16.4 Å². The molecular weight excluding hydrogens is 228 g/mol. The van der Waals surface area contributed by atoms with E-state index in [4.69, 9.17) is 9.84 Å². The van der Waals surface area contributed by atoms with E-state index in [1.807, 2.05) is 0 Å². The number of aliphatic hydroxyl groups is 1. The summed E-state index contributed by atoms with van der Waals surface area (Å²) in [6.45, 7) is 0.964. The Morgan fingerprint density at radius 1 is 1.53 bits per heavy atom. The standard InChI is InChI=1S/C10H14N2O5/c1-17-9-5-7(6-11-2-3-13)4-8(10(9)14)12(15)16/h4-5,11,13-14H,2-3,6H2,1H3. The Hall–Kier alpha value is -1.86. The third-order valence-electron chi connectivity index (χ3n) is 2.22. The lowest BCUT2D eigenvalue weighted by atomic mass is 10.1. The fraction of sp³-hybridized carbons (Fsp3) is 0.400. The Labute approximate surface area is 97.8 Å². The number of hydrogen-bond donors (Lipinski definition) is 2. The predicted molar refractivity (Wildman–Crippen MR) is 56.7 cm³/mol.